The fourth-order valence-corrected chi connectivity index (χ4v) is 1.49. The van der Waals surface area contributed by atoms with Crippen LogP contribution in [0.4, 0.5) is 13.2 Å². The Balaban J connectivity index is 2.00. The molecule has 0 saturated heterocycles. The molecule has 0 aliphatic heterocycles. The van der Waals surface area contributed by atoms with E-state index in [1.807, 2.05) is 0 Å². The van der Waals surface area contributed by atoms with E-state index in [2.05, 4.69) is 26.5 Å². The van der Waals surface area contributed by atoms with Crippen LogP contribution in [0.3, 0.4) is 0 Å². The van der Waals surface area contributed by atoms with Gasteiger partial charge in [-0.1, -0.05) is 0 Å². The highest BCUT2D eigenvalue weighted by Crippen LogP contribution is 2.29. The van der Waals surface area contributed by atoms with Crippen LogP contribution in [0.1, 0.15) is 5.56 Å². The number of benzene rings is 1. The number of fused-ring (bicyclic) bond motifs is 1. The molecule has 91 valence electrons. The quantitative estimate of drug-likeness (QED) is 0.720. The van der Waals surface area contributed by atoms with Crippen LogP contribution >= 0.6 is 0 Å². The zero-order chi connectivity index (χ0) is 12.8. The van der Waals surface area contributed by atoms with Crippen LogP contribution in [-0.2, 0) is 6.18 Å². The molecule has 0 fully saturated rings. The molecular weight excluding hydrogens is 247 g/mol. The summed E-state index contributed by atoms with van der Waals surface area (Å²) in [7, 11) is 0. The van der Waals surface area contributed by atoms with Gasteiger partial charge in [0.15, 0.2) is 6.33 Å². The van der Waals surface area contributed by atoms with Crippen LogP contribution in [-0.4, -0.2) is 25.0 Å². The number of hydrogen-bond acceptors (Lipinski definition) is 3. The summed E-state index contributed by atoms with van der Waals surface area (Å²) >= 11 is 0. The highest BCUT2D eigenvalue weighted by Gasteiger charge is 2.30. The van der Waals surface area contributed by atoms with Crippen molar-refractivity contribution < 1.29 is 13.2 Å². The highest BCUT2D eigenvalue weighted by atomic mass is 19.4. The molecule has 18 heavy (non-hydrogen) atoms. The minimum atomic E-state index is -4.35. The van der Waals surface area contributed by atoms with Gasteiger partial charge in [-0.25, -0.2) is 4.98 Å². The Bertz CT molecular complexity index is 651. The van der Waals surface area contributed by atoms with Crippen molar-refractivity contribution in [3.05, 3.63) is 36.2 Å². The molecule has 0 atom stereocenters. The largest absolute Gasteiger partial charge is 0.416 e. The van der Waals surface area contributed by atoms with Crippen molar-refractivity contribution in [3.63, 3.8) is 0 Å². The number of hydrogen-bond donors (Lipinski definition) is 1. The molecule has 0 spiro atoms. The first kappa shape index (κ1) is 10.8. The van der Waals surface area contributed by atoms with Gasteiger partial charge in [0.1, 0.15) is 0 Å². The summed E-state index contributed by atoms with van der Waals surface area (Å²) in [4.78, 5) is 7.61. The predicted molar refractivity (Wildman–Crippen MR) is 54.8 cm³/mol. The van der Waals surface area contributed by atoms with Crippen molar-refractivity contribution in [2.24, 2.45) is 0 Å². The summed E-state index contributed by atoms with van der Waals surface area (Å²) in [6.45, 7) is 0. The van der Waals surface area contributed by atoms with E-state index in [1.165, 1.54) is 16.9 Å². The normalized spacial score (nSPS) is 12.2. The minimum Gasteiger partial charge on any atom is -0.317 e. The highest BCUT2D eigenvalue weighted by molar-refractivity contribution is 5.63. The van der Waals surface area contributed by atoms with E-state index in [4.69, 9.17) is 0 Å². The molecule has 0 amide bonds. The Kier molecular flexibility index (Phi) is 2.12. The Morgan fingerprint density at radius 2 is 1.83 bits per heavy atom. The number of halogens is 3. The number of rotatable bonds is 1. The third-order valence-corrected chi connectivity index (χ3v) is 2.36. The second-order valence-electron chi connectivity index (χ2n) is 3.55. The number of nitrogens with one attached hydrogen (secondary N) is 1. The molecule has 5 nitrogen and oxygen atoms in total. The Morgan fingerprint density at radius 3 is 2.44 bits per heavy atom. The molecule has 3 rings (SSSR count). The molecule has 0 aliphatic rings. The lowest BCUT2D eigenvalue weighted by molar-refractivity contribution is -0.137. The maximum absolute atomic E-state index is 12.4. The maximum Gasteiger partial charge on any atom is 0.416 e. The first-order valence-electron chi connectivity index (χ1n) is 4.91. The van der Waals surface area contributed by atoms with Gasteiger partial charge in [-0.3, -0.25) is 0 Å². The van der Waals surface area contributed by atoms with Crippen molar-refractivity contribution in [1.82, 2.24) is 25.0 Å². The lowest BCUT2D eigenvalue weighted by atomic mass is 10.2. The Hall–Kier alpha value is -2.38. The van der Waals surface area contributed by atoms with Crippen molar-refractivity contribution in [2.45, 2.75) is 6.18 Å². The van der Waals surface area contributed by atoms with E-state index in [0.717, 1.165) is 12.1 Å². The summed E-state index contributed by atoms with van der Waals surface area (Å²) in [6.07, 6.45) is -1.89. The summed E-state index contributed by atoms with van der Waals surface area (Å²) in [5.74, 6) is 0. The van der Waals surface area contributed by atoms with E-state index in [9.17, 15) is 13.2 Å². The molecule has 1 radical (unpaired) electrons. The van der Waals surface area contributed by atoms with E-state index < -0.39 is 11.7 Å². The molecule has 3 aromatic rings. The maximum atomic E-state index is 12.4. The molecule has 0 unspecified atom stereocenters. The third kappa shape index (κ3) is 1.71. The Labute approximate surface area is 98.3 Å². The average Bonchev–Trinajstić information content (AvgIpc) is 2.88. The van der Waals surface area contributed by atoms with Crippen LogP contribution in [0.2, 0.25) is 0 Å². The van der Waals surface area contributed by atoms with Gasteiger partial charge in [0.2, 0.25) is 11.3 Å². The summed E-state index contributed by atoms with van der Waals surface area (Å²) < 4.78 is 37.1. The fourth-order valence-electron chi connectivity index (χ4n) is 1.49. The van der Waals surface area contributed by atoms with E-state index in [0.29, 0.717) is 17.0 Å². The summed E-state index contributed by atoms with van der Waals surface area (Å²) in [5, 5.41) is 8.00. The molecule has 1 N–H and O–H groups in total. The number of nitrogens with zero attached hydrogens (tertiary/aromatic N) is 4. The standard InChI is InChI=1S/C10H5F3N5/c11-10(12,13)6-1-3-7(4-2-6)18-16-8-9(17-18)15-5-14-8/h1-4H,(H,14,15,16,17). The molecule has 2 heterocycles. The Morgan fingerprint density at radius 1 is 1.11 bits per heavy atom. The monoisotopic (exact) mass is 252 g/mol. The van der Waals surface area contributed by atoms with Crippen LogP contribution in [0, 0.1) is 6.33 Å². The van der Waals surface area contributed by atoms with Crippen molar-refractivity contribution in [1.29, 1.82) is 0 Å². The fraction of sp³-hybridized carbons (Fsp3) is 0.100. The molecule has 0 bridgehead atoms. The predicted octanol–water partition coefficient (Wildman–Crippen LogP) is 1.96. The number of aromatic amines is 1. The van der Waals surface area contributed by atoms with Crippen molar-refractivity contribution in [3.8, 4) is 5.69 Å². The van der Waals surface area contributed by atoms with Crippen LogP contribution in [0.15, 0.2) is 24.3 Å². The van der Waals surface area contributed by atoms with E-state index >= 15 is 0 Å². The van der Waals surface area contributed by atoms with E-state index in [1.54, 1.807) is 0 Å². The van der Waals surface area contributed by atoms with Gasteiger partial charge in [0.25, 0.3) is 0 Å². The first-order valence-corrected chi connectivity index (χ1v) is 4.91. The number of imidazole rings is 1. The molecule has 1 aromatic carbocycles. The third-order valence-electron chi connectivity index (χ3n) is 2.36. The molecule has 0 saturated carbocycles. The van der Waals surface area contributed by atoms with Crippen LogP contribution < -0.4 is 0 Å². The van der Waals surface area contributed by atoms with Gasteiger partial charge in [-0.15, -0.1) is 15.0 Å². The van der Waals surface area contributed by atoms with Gasteiger partial charge < -0.3 is 4.98 Å². The zero-order valence-corrected chi connectivity index (χ0v) is 8.73. The van der Waals surface area contributed by atoms with Gasteiger partial charge in [-0.2, -0.15) is 13.2 Å². The average molecular weight is 252 g/mol. The molecule has 0 aliphatic carbocycles. The lowest BCUT2D eigenvalue weighted by Gasteiger charge is -2.06. The number of alkyl halides is 3. The van der Waals surface area contributed by atoms with Crippen molar-refractivity contribution in [2.75, 3.05) is 0 Å². The van der Waals surface area contributed by atoms with Gasteiger partial charge in [0.05, 0.1) is 11.3 Å². The smallest absolute Gasteiger partial charge is 0.317 e. The molecule has 8 heteroatoms. The zero-order valence-electron chi connectivity index (χ0n) is 8.73. The van der Waals surface area contributed by atoms with E-state index in [-0.39, 0.29) is 0 Å². The minimum absolute atomic E-state index is 0.356. The second-order valence-corrected chi connectivity index (χ2v) is 3.55. The van der Waals surface area contributed by atoms with Crippen LogP contribution in [0.5, 0.6) is 0 Å². The lowest BCUT2D eigenvalue weighted by Crippen LogP contribution is -2.05. The van der Waals surface area contributed by atoms with Gasteiger partial charge in [0, 0.05) is 0 Å². The van der Waals surface area contributed by atoms with Gasteiger partial charge >= 0.3 is 6.18 Å². The molecule has 2 aromatic heterocycles. The SMILES string of the molecule is FC(F)(F)c1ccc(-n2nc3n[c][nH]c3n2)cc1. The van der Waals surface area contributed by atoms with Crippen molar-refractivity contribution >= 4 is 11.3 Å². The molecular formula is C10H5F3N5. The topological polar surface area (TPSA) is 59.4 Å². The number of aromatic nitrogens is 5. The van der Waals surface area contributed by atoms with Crippen LogP contribution in [0.25, 0.3) is 17.0 Å². The summed E-state index contributed by atoms with van der Waals surface area (Å²) in [5.41, 5.74) is 0.495. The van der Waals surface area contributed by atoms with Gasteiger partial charge in [-0.05, 0) is 24.3 Å². The first-order chi connectivity index (χ1) is 8.54. The summed E-state index contributed by atoms with van der Waals surface area (Å²) in [6, 6.07) is 4.55. The number of H-pyrrole nitrogens is 1. The second kappa shape index (κ2) is 3.56.